The van der Waals surface area contributed by atoms with Crippen molar-refractivity contribution in [3.63, 3.8) is 0 Å². The third-order valence-corrected chi connectivity index (χ3v) is 3.41. The molecular formula is C14H24O2. The van der Waals surface area contributed by atoms with E-state index in [-0.39, 0.29) is 11.6 Å². The molecule has 0 aromatic heterocycles. The topological polar surface area (TPSA) is 26.3 Å². The molecule has 0 radical (unpaired) electrons. The molecule has 0 spiro atoms. The molecule has 0 aliphatic heterocycles. The summed E-state index contributed by atoms with van der Waals surface area (Å²) in [5.74, 6) is -0.210. The quantitative estimate of drug-likeness (QED) is 0.387. The van der Waals surface area contributed by atoms with Gasteiger partial charge in [0.25, 0.3) is 0 Å². The SMILES string of the molecule is C=C(C)C(=O)OC1(CCCCC)CCCC1. The minimum absolute atomic E-state index is 0.162. The number of carbonyl (C=O) groups excluding carboxylic acids is 1. The minimum atomic E-state index is -0.210. The molecule has 0 aromatic rings. The van der Waals surface area contributed by atoms with Gasteiger partial charge in [0.1, 0.15) is 5.60 Å². The summed E-state index contributed by atoms with van der Waals surface area (Å²) in [5, 5.41) is 0. The number of hydrogen-bond donors (Lipinski definition) is 0. The Kier molecular flexibility index (Phi) is 5.04. The van der Waals surface area contributed by atoms with E-state index in [1.165, 1.54) is 32.1 Å². The van der Waals surface area contributed by atoms with Crippen LogP contribution in [0.2, 0.25) is 0 Å². The van der Waals surface area contributed by atoms with Gasteiger partial charge in [0.2, 0.25) is 0 Å². The number of esters is 1. The third-order valence-electron chi connectivity index (χ3n) is 3.41. The van der Waals surface area contributed by atoms with Gasteiger partial charge in [-0.15, -0.1) is 0 Å². The summed E-state index contributed by atoms with van der Waals surface area (Å²) in [6.45, 7) is 7.57. The highest BCUT2D eigenvalue weighted by atomic mass is 16.6. The molecular weight excluding hydrogens is 200 g/mol. The van der Waals surface area contributed by atoms with Crippen LogP contribution in [-0.4, -0.2) is 11.6 Å². The van der Waals surface area contributed by atoms with Crippen LogP contribution in [0.15, 0.2) is 12.2 Å². The summed E-state index contributed by atoms with van der Waals surface area (Å²) in [5.41, 5.74) is 0.354. The van der Waals surface area contributed by atoms with Gasteiger partial charge < -0.3 is 4.74 Å². The predicted molar refractivity (Wildman–Crippen MR) is 66.2 cm³/mol. The van der Waals surface area contributed by atoms with Crippen molar-refractivity contribution in [3.05, 3.63) is 12.2 Å². The Hall–Kier alpha value is -0.790. The first-order valence-corrected chi connectivity index (χ1v) is 6.48. The second-order valence-corrected chi connectivity index (χ2v) is 5.02. The van der Waals surface area contributed by atoms with E-state index in [1.807, 2.05) is 0 Å². The predicted octanol–water partition coefficient (Wildman–Crippen LogP) is 4.00. The van der Waals surface area contributed by atoms with Gasteiger partial charge in [0.15, 0.2) is 0 Å². The van der Waals surface area contributed by atoms with Crippen LogP contribution >= 0.6 is 0 Å². The number of unbranched alkanes of at least 4 members (excludes halogenated alkanes) is 2. The Morgan fingerprint density at radius 2 is 1.94 bits per heavy atom. The zero-order chi connectivity index (χ0) is 12.0. The van der Waals surface area contributed by atoms with Crippen LogP contribution in [0.1, 0.15) is 65.2 Å². The van der Waals surface area contributed by atoms with Crippen LogP contribution in [0, 0.1) is 0 Å². The molecule has 2 heteroatoms. The molecule has 2 nitrogen and oxygen atoms in total. The maximum absolute atomic E-state index is 11.6. The second-order valence-electron chi connectivity index (χ2n) is 5.02. The maximum atomic E-state index is 11.6. The van der Waals surface area contributed by atoms with Gasteiger partial charge in [-0.2, -0.15) is 0 Å². The molecule has 0 amide bonds. The highest BCUT2D eigenvalue weighted by Gasteiger charge is 2.36. The van der Waals surface area contributed by atoms with Crippen molar-refractivity contribution in [2.45, 2.75) is 70.8 Å². The summed E-state index contributed by atoms with van der Waals surface area (Å²) in [6, 6.07) is 0. The van der Waals surface area contributed by atoms with Crippen molar-refractivity contribution in [1.29, 1.82) is 0 Å². The third kappa shape index (κ3) is 3.66. The van der Waals surface area contributed by atoms with E-state index >= 15 is 0 Å². The van der Waals surface area contributed by atoms with Crippen molar-refractivity contribution < 1.29 is 9.53 Å². The van der Waals surface area contributed by atoms with E-state index in [0.717, 1.165) is 19.3 Å². The van der Waals surface area contributed by atoms with E-state index in [4.69, 9.17) is 4.74 Å². The lowest BCUT2D eigenvalue weighted by atomic mass is 9.94. The Balaban J connectivity index is 2.51. The van der Waals surface area contributed by atoms with Gasteiger partial charge >= 0.3 is 5.97 Å². The lowest BCUT2D eigenvalue weighted by molar-refractivity contribution is -0.155. The Bertz CT molecular complexity index is 249. The van der Waals surface area contributed by atoms with Crippen molar-refractivity contribution in [2.24, 2.45) is 0 Å². The summed E-state index contributed by atoms with van der Waals surface area (Å²) < 4.78 is 5.67. The first-order chi connectivity index (χ1) is 7.59. The second kappa shape index (κ2) is 6.07. The fraction of sp³-hybridized carbons (Fsp3) is 0.786. The molecule has 0 N–H and O–H groups in total. The molecule has 1 aliphatic carbocycles. The molecule has 1 saturated carbocycles. The zero-order valence-electron chi connectivity index (χ0n) is 10.7. The maximum Gasteiger partial charge on any atom is 0.333 e. The Morgan fingerprint density at radius 3 is 2.44 bits per heavy atom. The van der Waals surface area contributed by atoms with Crippen LogP contribution in [-0.2, 0) is 9.53 Å². The highest BCUT2D eigenvalue weighted by molar-refractivity contribution is 5.87. The monoisotopic (exact) mass is 224 g/mol. The van der Waals surface area contributed by atoms with Crippen molar-refractivity contribution >= 4 is 5.97 Å². The average molecular weight is 224 g/mol. The molecule has 0 saturated heterocycles. The number of hydrogen-bond acceptors (Lipinski definition) is 2. The number of ether oxygens (including phenoxy) is 1. The van der Waals surface area contributed by atoms with E-state index in [9.17, 15) is 4.79 Å². The fourth-order valence-electron chi connectivity index (χ4n) is 2.40. The van der Waals surface area contributed by atoms with Gasteiger partial charge in [0, 0.05) is 5.57 Å². The summed E-state index contributed by atoms with van der Waals surface area (Å²) in [4.78, 5) is 11.6. The summed E-state index contributed by atoms with van der Waals surface area (Å²) >= 11 is 0. The van der Waals surface area contributed by atoms with E-state index in [1.54, 1.807) is 6.92 Å². The lowest BCUT2D eigenvalue weighted by Gasteiger charge is -2.29. The Morgan fingerprint density at radius 1 is 1.31 bits per heavy atom. The van der Waals surface area contributed by atoms with Crippen LogP contribution in [0.5, 0.6) is 0 Å². The molecule has 16 heavy (non-hydrogen) atoms. The molecule has 92 valence electrons. The molecule has 0 heterocycles. The van der Waals surface area contributed by atoms with E-state index in [0.29, 0.717) is 5.57 Å². The number of rotatable bonds is 6. The fourth-order valence-corrected chi connectivity index (χ4v) is 2.40. The van der Waals surface area contributed by atoms with Crippen molar-refractivity contribution in [3.8, 4) is 0 Å². The molecule has 1 fully saturated rings. The van der Waals surface area contributed by atoms with Crippen LogP contribution in [0.4, 0.5) is 0 Å². The summed E-state index contributed by atoms with van der Waals surface area (Å²) in [6.07, 6.45) is 9.09. The molecule has 1 rings (SSSR count). The molecule has 1 aliphatic rings. The van der Waals surface area contributed by atoms with Gasteiger partial charge in [-0.05, 0) is 45.4 Å². The normalized spacial score (nSPS) is 18.4. The van der Waals surface area contributed by atoms with Crippen molar-refractivity contribution in [1.82, 2.24) is 0 Å². The summed E-state index contributed by atoms with van der Waals surface area (Å²) in [7, 11) is 0. The molecule has 0 atom stereocenters. The first kappa shape index (κ1) is 13.3. The zero-order valence-corrected chi connectivity index (χ0v) is 10.7. The number of carbonyl (C=O) groups is 1. The molecule has 0 bridgehead atoms. The highest BCUT2D eigenvalue weighted by Crippen LogP contribution is 2.38. The smallest absolute Gasteiger partial charge is 0.333 e. The van der Waals surface area contributed by atoms with Crippen LogP contribution < -0.4 is 0 Å². The minimum Gasteiger partial charge on any atom is -0.456 e. The first-order valence-electron chi connectivity index (χ1n) is 6.48. The standard InChI is InChI=1S/C14H24O2/c1-4-5-6-9-14(10-7-8-11-14)16-13(15)12(2)3/h2,4-11H2,1,3H3. The van der Waals surface area contributed by atoms with Crippen LogP contribution in [0.3, 0.4) is 0 Å². The van der Waals surface area contributed by atoms with Gasteiger partial charge in [-0.1, -0.05) is 26.3 Å². The van der Waals surface area contributed by atoms with Crippen molar-refractivity contribution in [2.75, 3.05) is 0 Å². The molecule has 0 unspecified atom stereocenters. The van der Waals surface area contributed by atoms with E-state index < -0.39 is 0 Å². The largest absolute Gasteiger partial charge is 0.456 e. The van der Waals surface area contributed by atoms with E-state index in [2.05, 4.69) is 13.5 Å². The lowest BCUT2D eigenvalue weighted by Crippen LogP contribution is -2.32. The van der Waals surface area contributed by atoms with Crippen LogP contribution in [0.25, 0.3) is 0 Å². The molecule has 0 aromatic carbocycles. The average Bonchev–Trinajstić information content (AvgIpc) is 2.67. The van der Waals surface area contributed by atoms with Gasteiger partial charge in [0.05, 0.1) is 0 Å². The van der Waals surface area contributed by atoms with Gasteiger partial charge in [-0.25, -0.2) is 4.79 Å². The Labute approximate surface area is 99.1 Å². The van der Waals surface area contributed by atoms with Gasteiger partial charge in [-0.3, -0.25) is 0 Å².